The van der Waals surface area contributed by atoms with Gasteiger partial charge in [0.15, 0.2) is 0 Å². The van der Waals surface area contributed by atoms with E-state index < -0.39 is 29.5 Å². The lowest BCUT2D eigenvalue weighted by Crippen LogP contribution is -2.37. The average molecular weight is 388 g/mol. The summed E-state index contributed by atoms with van der Waals surface area (Å²) < 4.78 is 39.9. The van der Waals surface area contributed by atoms with E-state index in [1.54, 1.807) is 29.2 Å². The summed E-state index contributed by atoms with van der Waals surface area (Å²) in [7, 11) is 0. The Balaban J connectivity index is 1.61. The van der Waals surface area contributed by atoms with E-state index in [-0.39, 0.29) is 11.5 Å². The number of fused-ring (bicyclic) bond motifs is 1. The molecule has 0 saturated heterocycles. The molecule has 1 aliphatic heterocycles. The Bertz CT molecular complexity index is 955. The largest absolute Gasteiger partial charge is 0.416 e. The van der Waals surface area contributed by atoms with Gasteiger partial charge in [-0.3, -0.25) is 9.59 Å². The van der Waals surface area contributed by atoms with Gasteiger partial charge in [0.1, 0.15) is 0 Å². The van der Waals surface area contributed by atoms with E-state index in [1.165, 1.54) is 12.1 Å². The summed E-state index contributed by atoms with van der Waals surface area (Å²) in [6.45, 7) is 0.484. The van der Waals surface area contributed by atoms with E-state index >= 15 is 0 Å². The van der Waals surface area contributed by atoms with Crippen molar-refractivity contribution >= 4 is 17.5 Å². The van der Waals surface area contributed by atoms with Gasteiger partial charge in [0.2, 0.25) is 11.8 Å². The van der Waals surface area contributed by atoms with Crippen LogP contribution in [-0.4, -0.2) is 18.4 Å². The van der Waals surface area contributed by atoms with Crippen LogP contribution < -0.4 is 10.6 Å². The third-order valence-electron chi connectivity index (χ3n) is 5.56. The van der Waals surface area contributed by atoms with Gasteiger partial charge in [-0.2, -0.15) is 13.2 Å². The molecule has 2 N–H and O–H groups in total. The molecule has 7 heteroatoms. The zero-order valence-corrected chi connectivity index (χ0v) is 15.0. The standard InChI is InChI=1S/C21H19F3N2O2/c22-21(23,24)17-8-2-1-5-12(17)15-11-16(15)20(28)26-10-4-7-13-14(19(25)27)6-3-9-18(13)26/h1-3,5-6,8-9,15-16H,4,7,10-11H2,(H2,25,27)/t15-,16+/m0/s1. The molecule has 1 saturated carbocycles. The fourth-order valence-electron chi connectivity index (χ4n) is 4.17. The second-order valence-corrected chi connectivity index (χ2v) is 7.29. The fourth-order valence-corrected chi connectivity index (χ4v) is 4.17. The van der Waals surface area contributed by atoms with Crippen molar-refractivity contribution in [1.29, 1.82) is 0 Å². The van der Waals surface area contributed by atoms with Crippen molar-refractivity contribution in [2.45, 2.75) is 31.4 Å². The predicted octanol–water partition coefficient (Wildman–Crippen LogP) is 3.89. The number of primary amides is 1. The van der Waals surface area contributed by atoms with E-state index in [2.05, 4.69) is 0 Å². The molecule has 146 valence electrons. The van der Waals surface area contributed by atoms with Crippen LogP contribution in [0.4, 0.5) is 18.9 Å². The quantitative estimate of drug-likeness (QED) is 0.867. The van der Waals surface area contributed by atoms with Crippen molar-refractivity contribution in [3.63, 3.8) is 0 Å². The molecule has 2 amide bonds. The Hall–Kier alpha value is -2.83. The number of rotatable bonds is 3. The number of hydrogen-bond donors (Lipinski definition) is 1. The number of carbonyl (C=O) groups excluding carboxylic acids is 2. The second kappa shape index (κ2) is 6.65. The molecule has 1 aliphatic carbocycles. The number of anilines is 1. The molecule has 0 radical (unpaired) electrons. The number of hydrogen-bond acceptors (Lipinski definition) is 2. The first-order valence-corrected chi connectivity index (χ1v) is 9.18. The number of halogens is 3. The van der Waals surface area contributed by atoms with E-state index in [0.29, 0.717) is 37.1 Å². The highest BCUT2D eigenvalue weighted by atomic mass is 19.4. The lowest BCUT2D eigenvalue weighted by atomic mass is 9.95. The highest BCUT2D eigenvalue weighted by Gasteiger charge is 2.49. The van der Waals surface area contributed by atoms with Gasteiger partial charge >= 0.3 is 6.18 Å². The van der Waals surface area contributed by atoms with Crippen LogP contribution in [0, 0.1) is 5.92 Å². The van der Waals surface area contributed by atoms with Crippen LogP contribution in [0.25, 0.3) is 0 Å². The maximum atomic E-state index is 13.3. The summed E-state index contributed by atoms with van der Waals surface area (Å²) in [5.41, 5.74) is 6.71. The summed E-state index contributed by atoms with van der Waals surface area (Å²) in [6.07, 6.45) is -2.73. The monoisotopic (exact) mass is 388 g/mol. The molecule has 0 spiro atoms. The van der Waals surface area contributed by atoms with Crippen LogP contribution in [0.1, 0.15) is 45.8 Å². The van der Waals surface area contributed by atoms with Gasteiger partial charge in [-0.1, -0.05) is 24.3 Å². The lowest BCUT2D eigenvalue weighted by Gasteiger charge is -2.31. The minimum atomic E-state index is -4.44. The minimum Gasteiger partial charge on any atom is -0.366 e. The minimum absolute atomic E-state index is 0.177. The highest BCUT2D eigenvalue weighted by Crippen LogP contribution is 2.52. The first-order chi connectivity index (χ1) is 13.3. The van der Waals surface area contributed by atoms with Crippen LogP contribution in [0.3, 0.4) is 0 Å². The Labute approximate surface area is 160 Å². The SMILES string of the molecule is NC(=O)c1cccc2c1CCCN2C(=O)[C@@H]1C[C@H]1c1ccccc1C(F)(F)F. The second-order valence-electron chi connectivity index (χ2n) is 7.29. The third kappa shape index (κ3) is 3.15. The van der Waals surface area contributed by atoms with Gasteiger partial charge in [0.05, 0.1) is 5.56 Å². The summed E-state index contributed by atoms with van der Waals surface area (Å²) in [4.78, 5) is 26.4. The van der Waals surface area contributed by atoms with Crippen molar-refractivity contribution in [2.24, 2.45) is 11.7 Å². The predicted molar refractivity (Wildman–Crippen MR) is 97.9 cm³/mol. The van der Waals surface area contributed by atoms with Gasteiger partial charge in [-0.15, -0.1) is 0 Å². The van der Waals surface area contributed by atoms with Gasteiger partial charge in [0.25, 0.3) is 0 Å². The van der Waals surface area contributed by atoms with Crippen molar-refractivity contribution in [1.82, 2.24) is 0 Å². The van der Waals surface area contributed by atoms with Crippen molar-refractivity contribution in [2.75, 3.05) is 11.4 Å². The summed E-state index contributed by atoms with van der Waals surface area (Å²) in [5, 5.41) is 0. The molecule has 4 rings (SSSR count). The third-order valence-corrected chi connectivity index (χ3v) is 5.56. The van der Waals surface area contributed by atoms with Gasteiger partial charge in [-0.05, 0) is 54.5 Å². The molecular formula is C21H19F3N2O2. The van der Waals surface area contributed by atoms with Crippen molar-refractivity contribution in [3.8, 4) is 0 Å². The first kappa shape index (κ1) is 18.5. The molecule has 28 heavy (non-hydrogen) atoms. The zero-order chi connectivity index (χ0) is 20.1. The molecule has 0 aromatic heterocycles. The first-order valence-electron chi connectivity index (χ1n) is 9.18. The Morgan fingerprint density at radius 3 is 2.54 bits per heavy atom. The zero-order valence-electron chi connectivity index (χ0n) is 15.0. The topological polar surface area (TPSA) is 63.4 Å². The molecule has 1 fully saturated rings. The maximum Gasteiger partial charge on any atom is 0.416 e. The molecule has 1 heterocycles. The molecular weight excluding hydrogens is 369 g/mol. The smallest absolute Gasteiger partial charge is 0.366 e. The number of amides is 2. The van der Waals surface area contributed by atoms with E-state index in [0.717, 1.165) is 11.6 Å². The maximum absolute atomic E-state index is 13.3. The number of benzene rings is 2. The summed E-state index contributed by atoms with van der Waals surface area (Å²) in [6, 6.07) is 10.5. The normalized spacial score (nSPS) is 21.2. The van der Waals surface area contributed by atoms with Crippen LogP contribution >= 0.6 is 0 Å². The Morgan fingerprint density at radius 1 is 1.07 bits per heavy atom. The van der Waals surface area contributed by atoms with Crippen LogP contribution in [0.15, 0.2) is 42.5 Å². The number of carbonyl (C=O) groups is 2. The number of nitrogens with zero attached hydrogens (tertiary/aromatic N) is 1. The number of alkyl halides is 3. The van der Waals surface area contributed by atoms with Gasteiger partial charge in [-0.25, -0.2) is 0 Å². The molecule has 4 nitrogen and oxygen atoms in total. The highest BCUT2D eigenvalue weighted by molar-refractivity contribution is 6.02. The molecule has 0 unspecified atom stereocenters. The molecule has 2 aromatic carbocycles. The van der Waals surface area contributed by atoms with Crippen molar-refractivity contribution < 1.29 is 22.8 Å². The van der Waals surface area contributed by atoms with E-state index in [1.807, 2.05) is 0 Å². The van der Waals surface area contributed by atoms with E-state index in [9.17, 15) is 22.8 Å². The van der Waals surface area contributed by atoms with Gasteiger partial charge in [0, 0.05) is 23.7 Å². The van der Waals surface area contributed by atoms with Crippen LogP contribution in [-0.2, 0) is 17.4 Å². The van der Waals surface area contributed by atoms with Crippen LogP contribution in [0.2, 0.25) is 0 Å². The summed E-state index contributed by atoms with van der Waals surface area (Å²) >= 11 is 0. The average Bonchev–Trinajstić information content (AvgIpc) is 3.46. The van der Waals surface area contributed by atoms with E-state index in [4.69, 9.17) is 5.73 Å². The lowest BCUT2D eigenvalue weighted by molar-refractivity contribution is -0.138. The summed E-state index contributed by atoms with van der Waals surface area (Å²) in [5.74, 6) is -1.65. The molecule has 2 aromatic rings. The molecule has 2 atom stereocenters. The molecule has 2 aliphatic rings. The van der Waals surface area contributed by atoms with Gasteiger partial charge < -0.3 is 10.6 Å². The Morgan fingerprint density at radius 2 is 1.82 bits per heavy atom. The Kier molecular flexibility index (Phi) is 4.40. The van der Waals surface area contributed by atoms with Crippen molar-refractivity contribution in [3.05, 3.63) is 64.7 Å². The molecule has 0 bridgehead atoms. The number of nitrogens with two attached hydrogens (primary N) is 1. The fraction of sp³-hybridized carbons (Fsp3) is 0.333. The van der Waals surface area contributed by atoms with Crippen LogP contribution in [0.5, 0.6) is 0 Å².